The molecular formula is C15H23N3O. The van der Waals surface area contributed by atoms with Crippen molar-refractivity contribution in [2.24, 2.45) is 5.73 Å². The lowest BCUT2D eigenvalue weighted by molar-refractivity contribution is 0.233. The lowest BCUT2D eigenvalue weighted by Gasteiger charge is -2.19. The van der Waals surface area contributed by atoms with Crippen LogP contribution in [0, 0.1) is 0 Å². The van der Waals surface area contributed by atoms with Crippen LogP contribution in [0.1, 0.15) is 31.2 Å². The van der Waals surface area contributed by atoms with E-state index in [0.29, 0.717) is 12.6 Å². The van der Waals surface area contributed by atoms with Crippen molar-refractivity contribution in [3.8, 4) is 0 Å². The molecule has 0 bridgehead atoms. The Balaban J connectivity index is 1.79. The highest BCUT2D eigenvalue weighted by atomic mass is 16.2. The molecule has 1 aromatic rings. The fraction of sp³-hybridized carbons (Fsp3) is 0.533. The molecule has 4 N–H and O–H groups in total. The second kappa shape index (κ2) is 7.14. The topological polar surface area (TPSA) is 67.1 Å². The van der Waals surface area contributed by atoms with E-state index in [1.807, 2.05) is 18.2 Å². The Bertz CT molecular complexity index is 388. The van der Waals surface area contributed by atoms with Gasteiger partial charge in [0.2, 0.25) is 0 Å². The zero-order valence-electron chi connectivity index (χ0n) is 11.3. The summed E-state index contributed by atoms with van der Waals surface area (Å²) >= 11 is 0. The Hall–Kier alpha value is -1.55. The van der Waals surface area contributed by atoms with Crippen molar-refractivity contribution >= 4 is 6.03 Å². The summed E-state index contributed by atoms with van der Waals surface area (Å²) in [5, 5.41) is 5.99. The summed E-state index contributed by atoms with van der Waals surface area (Å²) in [6, 6.07) is 10.3. The molecule has 1 aliphatic carbocycles. The summed E-state index contributed by atoms with van der Waals surface area (Å²) in [5.74, 6) is 0. The predicted octanol–water partition coefficient (Wildman–Crippen LogP) is 1.80. The molecule has 0 aliphatic heterocycles. The van der Waals surface area contributed by atoms with E-state index in [-0.39, 0.29) is 12.1 Å². The molecule has 2 amide bonds. The van der Waals surface area contributed by atoms with E-state index in [2.05, 4.69) is 22.8 Å². The van der Waals surface area contributed by atoms with Crippen molar-refractivity contribution in [1.82, 2.24) is 10.6 Å². The van der Waals surface area contributed by atoms with Gasteiger partial charge in [0.1, 0.15) is 0 Å². The monoisotopic (exact) mass is 261 g/mol. The molecule has 1 fully saturated rings. The van der Waals surface area contributed by atoms with Gasteiger partial charge in [-0.15, -0.1) is 0 Å². The van der Waals surface area contributed by atoms with E-state index in [1.54, 1.807) is 0 Å². The Kier molecular flexibility index (Phi) is 5.21. The Morgan fingerprint density at radius 1 is 1.26 bits per heavy atom. The van der Waals surface area contributed by atoms with Crippen LogP contribution >= 0.6 is 0 Å². The first-order valence-corrected chi connectivity index (χ1v) is 7.09. The number of amides is 2. The number of hydrogen-bond donors (Lipinski definition) is 3. The van der Waals surface area contributed by atoms with Gasteiger partial charge >= 0.3 is 6.03 Å². The Morgan fingerprint density at radius 3 is 2.58 bits per heavy atom. The Morgan fingerprint density at radius 2 is 1.95 bits per heavy atom. The molecule has 1 atom stereocenters. The van der Waals surface area contributed by atoms with E-state index in [9.17, 15) is 4.79 Å². The minimum atomic E-state index is -0.0849. The molecule has 4 nitrogen and oxygen atoms in total. The number of rotatable bonds is 5. The molecule has 104 valence electrons. The summed E-state index contributed by atoms with van der Waals surface area (Å²) in [5.41, 5.74) is 6.93. The zero-order chi connectivity index (χ0) is 13.5. The van der Waals surface area contributed by atoms with Crippen molar-refractivity contribution in [3.05, 3.63) is 35.9 Å². The summed E-state index contributed by atoms with van der Waals surface area (Å²) in [6.07, 6.45) is 5.40. The molecule has 1 aliphatic rings. The summed E-state index contributed by atoms with van der Waals surface area (Å²) in [7, 11) is 0. The van der Waals surface area contributed by atoms with E-state index < -0.39 is 0 Å². The maximum atomic E-state index is 11.9. The van der Waals surface area contributed by atoms with E-state index in [1.165, 1.54) is 18.4 Å². The molecule has 4 heteroatoms. The van der Waals surface area contributed by atoms with Gasteiger partial charge in [-0.3, -0.25) is 0 Å². The molecule has 0 aromatic heterocycles. The van der Waals surface area contributed by atoms with Crippen LogP contribution in [0.2, 0.25) is 0 Å². The fourth-order valence-corrected chi connectivity index (χ4v) is 2.57. The largest absolute Gasteiger partial charge is 0.335 e. The zero-order valence-corrected chi connectivity index (χ0v) is 11.3. The molecule has 19 heavy (non-hydrogen) atoms. The lowest BCUT2D eigenvalue weighted by Crippen LogP contribution is -2.48. The van der Waals surface area contributed by atoms with Gasteiger partial charge in [-0.2, -0.15) is 0 Å². The summed E-state index contributed by atoms with van der Waals surface area (Å²) in [4.78, 5) is 11.9. The SMILES string of the molecule is NCC(Cc1ccccc1)NC(=O)NC1CCCC1. The normalized spacial score (nSPS) is 17.1. The van der Waals surface area contributed by atoms with Crippen LogP contribution in [0.4, 0.5) is 4.79 Å². The first-order valence-electron chi connectivity index (χ1n) is 7.09. The minimum Gasteiger partial charge on any atom is -0.335 e. The maximum Gasteiger partial charge on any atom is 0.315 e. The van der Waals surface area contributed by atoms with Crippen molar-refractivity contribution in [3.63, 3.8) is 0 Å². The smallest absolute Gasteiger partial charge is 0.315 e. The highest BCUT2D eigenvalue weighted by Crippen LogP contribution is 2.17. The number of nitrogens with two attached hydrogens (primary N) is 1. The maximum absolute atomic E-state index is 11.9. The highest BCUT2D eigenvalue weighted by Gasteiger charge is 2.18. The van der Waals surface area contributed by atoms with Crippen LogP contribution in [0.5, 0.6) is 0 Å². The third-order valence-corrected chi connectivity index (χ3v) is 3.64. The van der Waals surface area contributed by atoms with Crippen LogP contribution in [0.3, 0.4) is 0 Å². The molecular weight excluding hydrogens is 238 g/mol. The molecule has 1 unspecified atom stereocenters. The van der Waals surface area contributed by atoms with Crippen molar-refractivity contribution in [2.75, 3.05) is 6.54 Å². The number of hydrogen-bond acceptors (Lipinski definition) is 2. The second-order valence-electron chi connectivity index (χ2n) is 5.22. The Labute approximate surface area is 114 Å². The van der Waals surface area contributed by atoms with E-state index in [0.717, 1.165) is 19.3 Å². The first kappa shape index (κ1) is 13.9. The molecule has 0 heterocycles. The van der Waals surface area contributed by atoms with E-state index in [4.69, 9.17) is 5.73 Å². The number of urea groups is 1. The van der Waals surface area contributed by atoms with Gasteiger partial charge in [-0.1, -0.05) is 43.2 Å². The average Bonchev–Trinajstić information content (AvgIpc) is 2.92. The fourth-order valence-electron chi connectivity index (χ4n) is 2.57. The third kappa shape index (κ3) is 4.56. The van der Waals surface area contributed by atoms with Gasteiger partial charge in [-0.05, 0) is 24.8 Å². The first-order chi connectivity index (χ1) is 9.28. The van der Waals surface area contributed by atoms with Gasteiger partial charge in [0.05, 0.1) is 0 Å². The number of benzene rings is 1. The van der Waals surface area contributed by atoms with Crippen LogP contribution in [0.15, 0.2) is 30.3 Å². The van der Waals surface area contributed by atoms with Crippen LogP contribution < -0.4 is 16.4 Å². The quantitative estimate of drug-likeness (QED) is 0.756. The van der Waals surface area contributed by atoms with Crippen LogP contribution in [0.25, 0.3) is 0 Å². The summed E-state index contributed by atoms with van der Waals surface area (Å²) < 4.78 is 0. The van der Waals surface area contributed by atoms with Crippen molar-refractivity contribution in [2.45, 2.75) is 44.2 Å². The molecule has 0 saturated heterocycles. The minimum absolute atomic E-state index is 0.0104. The second-order valence-corrected chi connectivity index (χ2v) is 5.22. The third-order valence-electron chi connectivity index (χ3n) is 3.64. The van der Waals surface area contributed by atoms with Crippen molar-refractivity contribution in [1.29, 1.82) is 0 Å². The van der Waals surface area contributed by atoms with Gasteiger partial charge in [0.25, 0.3) is 0 Å². The lowest BCUT2D eigenvalue weighted by atomic mass is 10.1. The van der Waals surface area contributed by atoms with Gasteiger partial charge in [0, 0.05) is 18.6 Å². The molecule has 2 rings (SSSR count). The average molecular weight is 261 g/mol. The van der Waals surface area contributed by atoms with Crippen molar-refractivity contribution < 1.29 is 4.79 Å². The van der Waals surface area contributed by atoms with Gasteiger partial charge in [0.15, 0.2) is 0 Å². The molecule has 0 radical (unpaired) electrons. The molecule has 1 saturated carbocycles. The van der Waals surface area contributed by atoms with Crippen LogP contribution in [-0.4, -0.2) is 24.7 Å². The standard InChI is InChI=1S/C15H23N3O/c16-11-14(10-12-6-2-1-3-7-12)18-15(19)17-13-8-4-5-9-13/h1-3,6-7,13-14H,4-5,8-11,16H2,(H2,17,18,19). The number of carbonyl (C=O) groups excluding carboxylic acids is 1. The van der Waals surface area contributed by atoms with Gasteiger partial charge < -0.3 is 16.4 Å². The number of carbonyl (C=O) groups is 1. The highest BCUT2D eigenvalue weighted by molar-refractivity contribution is 5.74. The molecule has 0 spiro atoms. The molecule has 1 aromatic carbocycles. The van der Waals surface area contributed by atoms with E-state index >= 15 is 0 Å². The van der Waals surface area contributed by atoms with Crippen LogP contribution in [-0.2, 0) is 6.42 Å². The predicted molar refractivity (Wildman–Crippen MR) is 76.9 cm³/mol. The number of nitrogens with one attached hydrogen (secondary N) is 2. The summed E-state index contributed by atoms with van der Waals surface area (Å²) in [6.45, 7) is 0.451. The van der Waals surface area contributed by atoms with Gasteiger partial charge in [-0.25, -0.2) is 4.79 Å².